The number of carboxylic acid groups (broad SMARTS) is 2. The number of benzene rings is 2. The zero-order chi connectivity index (χ0) is 36.8. The van der Waals surface area contributed by atoms with Crippen LogP contribution in [-0.4, -0.2) is 80.1 Å². The highest BCUT2D eigenvalue weighted by molar-refractivity contribution is 6.08. The van der Waals surface area contributed by atoms with E-state index in [1.54, 1.807) is 27.7 Å². The van der Waals surface area contributed by atoms with E-state index in [9.17, 15) is 29.4 Å². The first-order valence-corrected chi connectivity index (χ1v) is 14.9. The first-order valence-electron chi connectivity index (χ1n) is 14.9. The molecule has 6 rings (SSSR count). The number of nitrogens with zero attached hydrogens (tertiary/aromatic N) is 8. The van der Waals surface area contributed by atoms with Gasteiger partial charge in [0.1, 0.15) is 24.2 Å². The lowest BCUT2D eigenvalue weighted by molar-refractivity contribution is 0.0686. The van der Waals surface area contributed by atoms with Crippen LogP contribution < -0.4 is 15.4 Å². The number of aromatic carboxylic acids is 2. The van der Waals surface area contributed by atoms with Crippen LogP contribution in [0.4, 0.5) is 15.8 Å². The number of carboxylic acids is 2. The van der Waals surface area contributed by atoms with Crippen molar-refractivity contribution >= 4 is 35.1 Å². The fraction of sp³-hybridized carbons (Fsp3) is 0.0588. The molecular weight excluding hydrogens is 679 g/mol. The quantitative estimate of drug-likeness (QED) is 0.134. The maximum absolute atomic E-state index is 15.1. The second kappa shape index (κ2) is 14.8. The van der Waals surface area contributed by atoms with E-state index in [4.69, 9.17) is 11.2 Å². The van der Waals surface area contributed by atoms with Gasteiger partial charge in [0.2, 0.25) is 0 Å². The monoisotopic (exact) mass is 702 g/mol. The van der Waals surface area contributed by atoms with Crippen molar-refractivity contribution in [3.8, 4) is 29.7 Å². The molecule has 17 nitrogen and oxygen atoms in total. The minimum absolute atomic E-state index is 0.0356. The van der Waals surface area contributed by atoms with Gasteiger partial charge < -0.3 is 25.6 Å². The van der Waals surface area contributed by atoms with Gasteiger partial charge in [-0.05, 0) is 54.1 Å². The van der Waals surface area contributed by atoms with Crippen molar-refractivity contribution in [1.29, 1.82) is 0 Å². The lowest BCUT2D eigenvalue weighted by Crippen LogP contribution is -2.18. The van der Waals surface area contributed by atoms with Gasteiger partial charge in [0.15, 0.2) is 23.0 Å². The van der Waals surface area contributed by atoms with Crippen molar-refractivity contribution in [2.45, 2.75) is 6.42 Å². The van der Waals surface area contributed by atoms with Crippen molar-refractivity contribution < 1.29 is 38.5 Å². The Balaban J connectivity index is 1.16. The fourth-order valence-electron chi connectivity index (χ4n) is 4.78. The van der Waals surface area contributed by atoms with E-state index in [1.807, 2.05) is 0 Å². The molecule has 0 atom stereocenters. The van der Waals surface area contributed by atoms with Gasteiger partial charge in [-0.3, -0.25) is 18.7 Å². The summed E-state index contributed by atoms with van der Waals surface area (Å²) in [6.07, 6.45) is 14.8. The molecule has 0 radical (unpaired) electrons. The Morgan fingerprint density at radius 1 is 0.769 bits per heavy atom. The molecule has 52 heavy (non-hydrogen) atoms. The molecule has 18 heteroatoms. The van der Waals surface area contributed by atoms with Crippen LogP contribution in [0.1, 0.15) is 52.8 Å². The number of halogens is 1. The van der Waals surface area contributed by atoms with Crippen LogP contribution in [0.3, 0.4) is 0 Å². The van der Waals surface area contributed by atoms with Crippen molar-refractivity contribution in [2.24, 2.45) is 0 Å². The van der Waals surface area contributed by atoms with Gasteiger partial charge >= 0.3 is 11.9 Å². The summed E-state index contributed by atoms with van der Waals surface area (Å²) in [5.74, 6) is -2.27. The number of hydrogen-bond acceptors (Lipinski definition) is 11. The Morgan fingerprint density at radius 2 is 1.31 bits per heavy atom. The van der Waals surface area contributed by atoms with Gasteiger partial charge in [0.25, 0.3) is 11.8 Å². The van der Waals surface area contributed by atoms with E-state index in [0.717, 1.165) is 18.2 Å². The van der Waals surface area contributed by atoms with Crippen molar-refractivity contribution in [1.82, 2.24) is 39.5 Å². The molecule has 6 aromatic rings. The molecule has 0 unspecified atom stereocenters. The van der Waals surface area contributed by atoms with Gasteiger partial charge in [0.05, 0.1) is 34.7 Å². The summed E-state index contributed by atoms with van der Waals surface area (Å²) in [6.45, 7) is -0.254. The highest BCUT2D eigenvalue weighted by Gasteiger charge is 2.21. The lowest BCUT2D eigenvalue weighted by atomic mass is 10.1. The van der Waals surface area contributed by atoms with Gasteiger partial charge in [-0.2, -0.15) is 0 Å². The van der Waals surface area contributed by atoms with E-state index in [1.165, 1.54) is 49.2 Å². The van der Waals surface area contributed by atoms with E-state index < -0.39 is 35.1 Å². The van der Waals surface area contributed by atoms with Crippen LogP contribution >= 0.6 is 0 Å². The SMILES string of the molecule is C#Cc1cc(NC(=O)c2ccc(-n3ccnc3)nn2)c(C(=O)O)cc1OCCc1cc(NC(=O)c2ccc(-n3ccnc3)nn2)c(C(=O)O)cc1F. The number of carbonyl (C=O) groups excluding carboxylic acids is 2. The van der Waals surface area contributed by atoms with E-state index in [2.05, 4.69) is 46.9 Å². The number of ether oxygens (including phenoxy) is 1. The molecule has 0 saturated carbocycles. The second-order valence-corrected chi connectivity index (χ2v) is 10.6. The number of carbonyl (C=O) groups is 4. The third-order valence-electron chi connectivity index (χ3n) is 7.35. The van der Waals surface area contributed by atoms with Gasteiger partial charge in [0, 0.05) is 31.2 Å². The molecule has 0 saturated heterocycles. The van der Waals surface area contributed by atoms with Crippen LogP contribution in [0.15, 0.2) is 86.0 Å². The number of terminal acetylenes is 1. The Bertz CT molecular complexity index is 2340. The third-order valence-corrected chi connectivity index (χ3v) is 7.35. The summed E-state index contributed by atoms with van der Waals surface area (Å²) >= 11 is 0. The molecule has 0 aliphatic rings. The number of hydrogen-bond donors (Lipinski definition) is 4. The summed E-state index contributed by atoms with van der Waals surface area (Å²) in [6, 6.07) is 10.0. The number of amides is 2. The molecular formula is C34H23FN10O7. The minimum Gasteiger partial charge on any atom is -0.492 e. The molecule has 4 N–H and O–H groups in total. The Morgan fingerprint density at radius 3 is 1.77 bits per heavy atom. The van der Waals surface area contributed by atoms with Gasteiger partial charge in [-0.25, -0.2) is 23.9 Å². The van der Waals surface area contributed by atoms with Crippen molar-refractivity contribution in [3.05, 3.63) is 125 Å². The Hall–Kier alpha value is -7.81. The van der Waals surface area contributed by atoms with Crippen LogP contribution in [0.5, 0.6) is 5.75 Å². The molecule has 0 spiro atoms. The minimum atomic E-state index is -1.50. The zero-order valence-corrected chi connectivity index (χ0v) is 26.5. The zero-order valence-electron chi connectivity index (χ0n) is 26.5. The van der Waals surface area contributed by atoms with Crippen LogP contribution in [0.25, 0.3) is 11.6 Å². The highest BCUT2D eigenvalue weighted by Crippen LogP contribution is 2.29. The van der Waals surface area contributed by atoms with Crippen molar-refractivity contribution in [3.63, 3.8) is 0 Å². The van der Waals surface area contributed by atoms with E-state index in [-0.39, 0.29) is 58.2 Å². The third kappa shape index (κ3) is 7.42. The highest BCUT2D eigenvalue weighted by atomic mass is 19.1. The van der Waals surface area contributed by atoms with Crippen molar-refractivity contribution in [2.75, 3.05) is 17.2 Å². The number of nitrogens with one attached hydrogen (secondary N) is 2. The maximum atomic E-state index is 15.1. The molecule has 0 fully saturated rings. The molecule has 258 valence electrons. The summed E-state index contributed by atoms with van der Waals surface area (Å²) in [7, 11) is 0. The predicted molar refractivity (Wildman–Crippen MR) is 178 cm³/mol. The molecule has 2 aromatic carbocycles. The van der Waals surface area contributed by atoms with Gasteiger partial charge in [-0.15, -0.1) is 26.8 Å². The first kappa shape index (κ1) is 34.1. The molecule has 0 aliphatic carbocycles. The number of imidazole rings is 2. The summed E-state index contributed by atoms with van der Waals surface area (Å²) in [4.78, 5) is 57.7. The average Bonchev–Trinajstić information content (AvgIpc) is 3.89. The molecule has 2 amide bonds. The van der Waals surface area contributed by atoms with E-state index in [0.29, 0.717) is 11.6 Å². The topological polar surface area (TPSA) is 229 Å². The van der Waals surface area contributed by atoms with Crippen LogP contribution in [0, 0.1) is 18.2 Å². The molecule has 4 aromatic heterocycles. The Labute approximate surface area is 291 Å². The number of aromatic nitrogens is 8. The van der Waals surface area contributed by atoms with E-state index >= 15 is 4.39 Å². The maximum Gasteiger partial charge on any atom is 0.337 e. The molecule has 4 heterocycles. The molecule has 0 aliphatic heterocycles. The number of anilines is 2. The lowest BCUT2D eigenvalue weighted by Gasteiger charge is -2.15. The van der Waals surface area contributed by atoms with Gasteiger partial charge in [-0.1, -0.05) is 5.92 Å². The Kier molecular flexibility index (Phi) is 9.66. The second-order valence-electron chi connectivity index (χ2n) is 10.6. The largest absolute Gasteiger partial charge is 0.492 e. The van der Waals surface area contributed by atoms with Crippen LogP contribution in [-0.2, 0) is 6.42 Å². The average molecular weight is 703 g/mol. The summed E-state index contributed by atoms with van der Waals surface area (Å²) < 4.78 is 23.9. The molecule has 0 bridgehead atoms. The summed E-state index contributed by atoms with van der Waals surface area (Å²) in [5.41, 5.74) is -1.45. The normalized spacial score (nSPS) is 10.6. The predicted octanol–water partition coefficient (Wildman–Crippen LogP) is 3.28. The first-order chi connectivity index (χ1) is 25.1. The number of rotatable bonds is 12. The fourth-order valence-corrected chi connectivity index (χ4v) is 4.78. The standard InChI is InChI=1S/C34H23FN10O7/c1-2-19-13-26(38-31(46)24-3-5-29(42-40-24)44-10-8-36-17-44)22(34(50)51)16-28(19)52-12-7-20-14-27(21(33(48)49)15-23(20)35)39-32(47)25-4-6-30(43-41-25)45-11-9-37-18-45/h1,3-6,8-11,13-18H,7,12H2,(H,38,46)(H,39,47)(H,48,49)(H,50,51). The van der Waals surface area contributed by atoms with Crippen LogP contribution in [0.2, 0.25) is 0 Å². The smallest absolute Gasteiger partial charge is 0.337 e. The summed E-state index contributed by atoms with van der Waals surface area (Å²) in [5, 5.41) is 40.2.